The van der Waals surface area contributed by atoms with Crippen LogP contribution in [-0.2, 0) is 0 Å². The van der Waals surface area contributed by atoms with E-state index in [9.17, 15) is 9.59 Å². The third-order valence-electron chi connectivity index (χ3n) is 4.79. The standard InChI is InChI=1S/C24H13ClO4S/c25-20-11-4-3-9-17(20)19-12-15(13-21-22(19)29-24(27)30-21)28-23(26)18-10-5-7-14-6-1-2-8-16(14)18/h1-13H. The van der Waals surface area contributed by atoms with Gasteiger partial charge in [0.05, 0.1) is 10.3 Å². The number of carbonyl (C=O) groups excluding carboxylic acids is 1. The van der Waals surface area contributed by atoms with Gasteiger partial charge in [-0.05, 0) is 29.0 Å². The number of ether oxygens (including phenoxy) is 1. The molecule has 0 unspecified atom stereocenters. The van der Waals surface area contributed by atoms with Crippen LogP contribution in [0, 0.1) is 0 Å². The van der Waals surface area contributed by atoms with Crippen molar-refractivity contribution in [3.05, 3.63) is 99.2 Å². The quantitative estimate of drug-likeness (QED) is 0.239. The van der Waals surface area contributed by atoms with Gasteiger partial charge in [-0.1, -0.05) is 77.5 Å². The van der Waals surface area contributed by atoms with Crippen molar-refractivity contribution in [2.24, 2.45) is 0 Å². The monoisotopic (exact) mass is 432 g/mol. The van der Waals surface area contributed by atoms with Crippen molar-refractivity contribution < 1.29 is 13.9 Å². The van der Waals surface area contributed by atoms with Crippen LogP contribution in [0.3, 0.4) is 0 Å². The molecule has 0 saturated carbocycles. The van der Waals surface area contributed by atoms with E-state index in [1.807, 2.05) is 54.6 Å². The second-order valence-electron chi connectivity index (χ2n) is 6.65. The number of rotatable bonds is 3. The molecular formula is C24H13ClO4S. The van der Waals surface area contributed by atoms with Crippen molar-refractivity contribution in [3.63, 3.8) is 0 Å². The predicted molar refractivity (Wildman–Crippen MR) is 120 cm³/mol. The van der Waals surface area contributed by atoms with Gasteiger partial charge < -0.3 is 9.15 Å². The highest BCUT2D eigenvalue weighted by Crippen LogP contribution is 2.37. The van der Waals surface area contributed by atoms with Crippen LogP contribution in [0.15, 0.2) is 88.1 Å². The van der Waals surface area contributed by atoms with E-state index in [1.165, 1.54) is 0 Å². The van der Waals surface area contributed by atoms with Crippen LogP contribution < -0.4 is 9.68 Å². The van der Waals surface area contributed by atoms with Gasteiger partial charge in [0, 0.05) is 22.2 Å². The fourth-order valence-corrected chi connectivity index (χ4v) is 4.42. The first-order valence-corrected chi connectivity index (χ1v) is 10.3. The number of esters is 1. The van der Waals surface area contributed by atoms with Gasteiger partial charge in [0.1, 0.15) is 5.75 Å². The summed E-state index contributed by atoms with van der Waals surface area (Å²) in [4.78, 5) is 24.4. The number of hydrogen-bond acceptors (Lipinski definition) is 5. The minimum absolute atomic E-state index is 0.312. The minimum Gasteiger partial charge on any atom is -0.423 e. The summed E-state index contributed by atoms with van der Waals surface area (Å²) in [7, 11) is 0. The first-order chi connectivity index (χ1) is 14.6. The average Bonchev–Trinajstić information content (AvgIpc) is 3.13. The lowest BCUT2D eigenvalue weighted by atomic mass is 10.0. The molecule has 6 heteroatoms. The molecule has 5 rings (SSSR count). The first-order valence-electron chi connectivity index (χ1n) is 9.13. The topological polar surface area (TPSA) is 56.5 Å². The molecule has 0 fully saturated rings. The molecule has 30 heavy (non-hydrogen) atoms. The lowest BCUT2D eigenvalue weighted by Gasteiger charge is -2.10. The van der Waals surface area contributed by atoms with Gasteiger partial charge in [-0.25, -0.2) is 9.59 Å². The van der Waals surface area contributed by atoms with E-state index < -0.39 is 10.9 Å². The molecule has 0 bridgehead atoms. The summed E-state index contributed by atoms with van der Waals surface area (Å²) < 4.78 is 11.7. The van der Waals surface area contributed by atoms with Gasteiger partial charge in [-0.3, -0.25) is 0 Å². The second-order valence-corrected chi connectivity index (χ2v) is 8.03. The maximum absolute atomic E-state index is 13.0. The Kier molecular flexibility index (Phi) is 4.62. The van der Waals surface area contributed by atoms with Crippen molar-refractivity contribution in [2.45, 2.75) is 0 Å². The molecule has 0 spiro atoms. The van der Waals surface area contributed by atoms with Gasteiger partial charge in [0.15, 0.2) is 5.58 Å². The number of fused-ring (bicyclic) bond motifs is 2. The van der Waals surface area contributed by atoms with Crippen LogP contribution in [0.25, 0.3) is 32.2 Å². The third kappa shape index (κ3) is 3.28. The van der Waals surface area contributed by atoms with Crippen LogP contribution in [0.4, 0.5) is 0 Å². The Morgan fingerprint density at radius 3 is 2.53 bits per heavy atom. The Labute approximate surface area is 179 Å². The molecule has 1 aromatic heterocycles. The van der Waals surface area contributed by atoms with E-state index in [4.69, 9.17) is 20.8 Å². The highest BCUT2D eigenvalue weighted by atomic mass is 35.5. The van der Waals surface area contributed by atoms with E-state index >= 15 is 0 Å². The molecular weight excluding hydrogens is 420 g/mol. The van der Waals surface area contributed by atoms with Gasteiger partial charge in [0.2, 0.25) is 0 Å². The molecule has 0 aliphatic heterocycles. The molecule has 4 aromatic carbocycles. The highest BCUT2D eigenvalue weighted by Gasteiger charge is 2.18. The molecule has 1 heterocycles. The summed E-state index contributed by atoms with van der Waals surface area (Å²) in [5, 5.41) is 2.27. The van der Waals surface area contributed by atoms with Crippen molar-refractivity contribution in [1.29, 1.82) is 0 Å². The fraction of sp³-hybridized carbons (Fsp3) is 0. The van der Waals surface area contributed by atoms with E-state index in [0.717, 1.165) is 22.1 Å². The molecule has 146 valence electrons. The van der Waals surface area contributed by atoms with Gasteiger partial charge in [0.25, 0.3) is 0 Å². The number of carbonyl (C=O) groups is 1. The summed E-state index contributed by atoms with van der Waals surface area (Å²) in [6.07, 6.45) is 0. The maximum Gasteiger partial charge on any atom is 0.396 e. The molecule has 0 aliphatic rings. The number of halogens is 1. The van der Waals surface area contributed by atoms with E-state index in [0.29, 0.717) is 37.7 Å². The Morgan fingerprint density at radius 1 is 0.900 bits per heavy atom. The zero-order chi connectivity index (χ0) is 20.7. The van der Waals surface area contributed by atoms with Crippen LogP contribution in [0.5, 0.6) is 5.75 Å². The highest BCUT2D eigenvalue weighted by molar-refractivity contribution is 7.16. The predicted octanol–water partition coefficient (Wildman–Crippen LogP) is 6.55. The Bertz CT molecular complexity index is 1480. The van der Waals surface area contributed by atoms with Gasteiger partial charge >= 0.3 is 10.9 Å². The molecule has 0 atom stereocenters. The summed E-state index contributed by atoms with van der Waals surface area (Å²) in [5.41, 5.74) is 2.17. The normalized spacial score (nSPS) is 11.1. The fourth-order valence-electron chi connectivity index (χ4n) is 3.46. The number of benzene rings is 4. The molecule has 0 aliphatic carbocycles. The molecule has 0 amide bonds. The Morgan fingerprint density at radius 2 is 1.67 bits per heavy atom. The van der Waals surface area contributed by atoms with Crippen molar-refractivity contribution in [3.8, 4) is 16.9 Å². The average molecular weight is 433 g/mol. The van der Waals surface area contributed by atoms with Crippen LogP contribution in [-0.4, -0.2) is 5.97 Å². The van der Waals surface area contributed by atoms with Crippen LogP contribution >= 0.6 is 22.9 Å². The lowest BCUT2D eigenvalue weighted by molar-refractivity contribution is 0.0737. The number of hydrogen-bond donors (Lipinski definition) is 0. The summed E-state index contributed by atoms with van der Waals surface area (Å²) in [6, 6.07) is 23.6. The van der Waals surface area contributed by atoms with E-state index in [1.54, 1.807) is 24.3 Å². The van der Waals surface area contributed by atoms with Crippen molar-refractivity contribution in [2.75, 3.05) is 0 Å². The zero-order valence-electron chi connectivity index (χ0n) is 15.4. The van der Waals surface area contributed by atoms with Crippen molar-refractivity contribution >= 4 is 50.0 Å². The largest absolute Gasteiger partial charge is 0.423 e. The zero-order valence-corrected chi connectivity index (χ0v) is 17.0. The van der Waals surface area contributed by atoms with Crippen molar-refractivity contribution in [1.82, 2.24) is 0 Å². The van der Waals surface area contributed by atoms with E-state index in [2.05, 4.69) is 0 Å². The molecule has 0 saturated heterocycles. The Hall–Kier alpha value is -3.41. The third-order valence-corrected chi connectivity index (χ3v) is 5.89. The smallest absolute Gasteiger partial charge is 0.396 e. The second kappa shape index (κ2) is 7.44. The van der Waals surface area contributed by atoms with E-state index in [-0.39, 0.29) is 0 Å². The maximum atomic E-state index is 13.0. The van der Waals surface area contributed by atoms with Crippen LogP contribution in [0.1, 0.15) is 10.4 Å². The summed E-state index contributed by atoms with van der Waals surface area (Å²) in [5.74, 6) is -0.167. The SMILES string of the molecule is O=C(Oc1cc(-c2ccccc2Cl)c2oc(=O)sc2c1)c1cccc2ccccc12. The summed E-state index contributed by atoms with van der Waals surface area (Å²) >= 11 is 7.31. The lowest BCUT2D eigenvalue weighted by Crippen LogP contribution is -2.09. The molecule has 0 radical (unpaired) electrons. The Balaban J connectivity index is 1.62. The molecule has 0 N–H and O–H groups in total. The van der Waals surface area contributed by atoms with Gasteiger partial charge in [-0.15, -0.1) is 0 Å². The van der Waals surface area contributed by atoms with Gasteiger partial charge in [-0.2, -0.15) is 0 Å². The minimum atomic E-state index is -0.480. The summed E-state index contributed by atoms with van der Waals surface area (Å²) in [6.45, 7) is 0. The molecule has 4 nitrogen and oxygen atoms in total. The molecule has 5 aromatic rings. The van der Waals surface area contributed by atoms with Crippen LogP contribution in [0.2, 0.25) is 5.02 Å². The first kappa shape index (κ1) is 18.6.